The number of methoxy groups -OCH3 is 1. The second-order valence-corrected chi connectivity index (χ2v) is 4.72. The number of benzene rings is 1. The van der Waals surface area contributed by atoms with E-state index in [1.807, 2.05) is 0 Å². The lowest BCUT2D eigenvalue weighted by molar-refractivity contribution is 0.267. The van der Waals surface area contributed by atoms with Crippen molar-refractivity contribution in [2.45, 2.75) is 32.2 Å². The topological polar surface area (TPSA) is 64.7 Å². The predicted molar refractivity (Wildman–Crippen MR) is 76.9 cm³/mol. The highest BCUT2D eigenvalue weighted by Crippen LogP contribution is 2.34. The van der Waals surface area contributed by atoms with E-state index in [1.165, 1.54) is 0 Å². The summed E-state index contributed by atoms with van der Waals surface area (Å²) in [6.45, 7) is 1.22. The van der Waals surface area contributed by atoms with Gasteiger partial charge in [-0.25, -0.2) is 0 Å². The van der Waals surface area contributed by atoms with Crippen LogP contribution >= 0.6 is 11.6 Å². The fourth-order valence-corrected chi connectivity index (χ4v) is 2.06. The average molecular weight is 288 g/mol. The Morgan fingerprint density at radius 2 is 1.95 bits per heavy atom. The fourth-order valence-electron chi connectivity index (χ4n) is 1.83. The molecule has 0 amide bonds. The molecular weight excluding hydrogens is 266 g/mol. The maximum Gasteiger partial charge on any atom is 0.165 e. The van der Waals surface area contributed by atoms with Crippen LogP contribution in [-0.4, -0.2) is 25.4 Å². The lowest BCUT2D eigenvalue weighted by atomic mass is 10.2. The van der Waals surface area contributed by atoms with Crippen LogP contribution in [0.1, 0.15) is 31.2 Å². The van der Waals surface area contributed by atoms with E-state index in [2.05, 4.69) is 0 Å². The summed E-state index contributed by atoms with van der Waals surface area (Å²) in [7, 11) is 1.58. The first-order chi connectivity index (χ1) is 9.22. The van der Waals surface area contributed by atoms with Crippen molar-refractivity contribution in [1.82, 2.24) is 0 Å². The van der Waals surface area contributed by atoms with Gasteiger partial charge in [-0.05, 0) is 25.3 Å². The minimum absolute atomic E-state index is 0.253. The van der Waals surface area contributed by atoms with Gasteiger partial charge in [0.15, 0.2) is 11.5 Å². The summed E-state index contributed by atoms with van der Waals surface area (Å²) in [5.41, 5.74) is 6.54. The highest BCUT2D eigenvalue weighted by atomic mass is 35.5. The Hall–Kier alpha value is -0.970. The number of hydrogen-bond acceptors (Lipinski definition) is 4. The third kappa shape index (κ3) is 5.27. The van der Waals surface area contributed by atoms with Crippen molar-refractivity contribution in [3.05, 3.63) is 22.7 Å². The van der Waals surface area contributed by atoms with Gasteiger partial charge in [0.05, 0.1) is 13.7 Å². The van der Waals surface area contributed by atoms with Gasteiger partial charge >= 0.3 is 0 Å². The molecule has 0 aliphatic carbocycles. The van der Waals surface area contributed by atoms with Crippen LogP contribution in [0.3, 0.4) is 0 Å². The molecule has 1 aromatic rings. The molecule has 0 heterocycles. The molecule has 5 heteroatoms. The van der Waals surface area contributed by atoms with E-state index in [1.54, 1.807) is 19.2 Å². The van der Waals surface area contributed by atoms with E-state index in [9.17, 15) is 0 Å². The number of nitrogens with two attached hydrogens (primary N) is 1. The van der Waals surface area contributed by atoms with Crippen LogP contribution in [0.15, 0.2) is 12.1 Å². The van der Waals surface area contributed by atoms with E-state index >= 15 is 0 Å². The van der Waals surface area contributed by atoms with E-state index < -0.39 is 0 Å². The number of hydrogen-bond donors (Lipinski definition) is 2. The van der Waals surface area contributed by atoms with Crippen LogP contribution in [-0.2, 0) is 6.54 Å². The average Bonchev–Trinajstić information content (AvgIpc) is 2.43. The molecule has 0 radical (unpaired) electrons. The molecule has 0 saturated carbocycles. The molecular formula is C14H22ClNO3. The van der Waals surface area contributed by atoms with Gasteiger partial charge in [0.2, 0.25) is 0 Å². The van der Waals surface area contributed by atoms with Gasteiger partial charge in [-0.15, -0.1) is 0 Å². The molecule has 1 aromatic carbocycles. The summed E-state index contributed by atoms with van der Waals surface area (Å²) in [5.74, 6) is 1.29. The largest absolute Gasteiger partial charge is 0.493 e. The molecule has 0 unspecified atom stereocenters. The molecule has 0 spiro atoms. The monoisotopic (exact) mass is 287 g/mol. The fraction of sp³-hybridized carbons (Fsp3) is 0.571. The summed E-state index contributed by atoms with van der Waals surface area (Å²) >= 11 is 5.98. The van der Waals surface area contributed by atoms with E-state index in [-0.39, 0.29) is 6.61 Å². The summed E-state index contributed by atoms with van der Waals surface area (Å²) < 4.78 is 11.0. The minimum Gasteiger partial charge on any atom is -0.493 e. The van der Waals surface area contributed by atoms with Gasteiger partial charge in [0.1, 0.15) is 0 Å². The second kappa shape index (κ2) is 9.02. The van der Waals surface area contributed by atoms with Crippen LogP contribution in [0, 0.1) is 0 Å². The zero-order valence-corrected chi connectivity index (χ0v) is 12.1. The number of halogens is 1. The van der Waals surface area contributed by atoms with Crippen molar-refractivity contribution in [3.63, 3.8) is 0 Å². The van der Waals surface area contributed by atoms with Gasteiger partial charge in [-0.1, -0.05) is 18.0 Å². The lowest BCUT2D eigenvalue weighted by Crippen LogP contribution is -2.06. The van der Waals surface area contributed by atoms with Crippen molar-refractivity contribution in [1.29, 1.82) is 0 Å². The number of unbranched alkanes of at least 4 members (excludes halogenated alkanes) is 3. The standard InChI is InChI=1S/C14H22ClNO3/c1-18-13-9-12(15)8-11(10-16)14(13)19-7-5-3-2-4-6-17/h8-9,17H,2-7,10,16H2,1H3. The molecule has 0 aliphatic heterocycles. The quantitative estimate of drug-likeness (QED) is 0.686. The Morgan fingerprint density at radius 1 is 1.21 bits per heavy atom. The molecule has 1 rings (SSSR count). The first kappa shape index (κ1) is 16.1. The molecule has 4 nitrogen and oxygen atoms in total. The van der Waals surface area contributed by atoms with E-state index in [4.69, 9.17) is 31.9 Å². The maximum absolute atomic E-state index is 8.69. The molecule has 0 atom stereocenters. The molecule has 19 heavy (non-hydrogen) atoms. The lowest BCUT2D eigenvalue weighted by Gasteiger charge is -2.15. The van der Waals surface area contributed by atoms with Crippen molar-refractivity contribution >= 4 is 11.6 Å². The zero-order valence-electron chi connectivity index (χ0n) is 11.3. The van der Waals surface area contributed by atoms with Gasteiger partial charge in [0, 0.05) is 29.8 Å². The Balaban J connectivity index is 2.56. The SMILES string of the molecule is COc1cc(Cl)cc(CN)c1OCCCCCCO. The van der Waals surface area contributed by atoms with Crippen molar-refractivity contribution in [2.75, 3.05) is 20.3 Å². The molecule has 0 fully saturated rings. The number of ether oxygens (including phenoxy) is 2. The van der Waals surface area contributed by atoms with Crippen LogP contribution in [0.5, 0.6) is 11.5 Å². The van der Waals surface area contributed by atoms with Gasteiger partial charge in [0.25, 0.3) is 0 Å². The molecule has 0 saturated heterocycles. The minimum atomic E-state index is 0.253. The Labute approximate surface area is 119 Å². The van der Waals surface area contributed by atoms with Crippen LogP contribution in [0.2, 0.25) is 5.02 Å². The maximum atomic E-state index is 8.69. The van der Waals surface area contributed by atoms with Crippen molar-refractivity contribution in [3.8, 4) is 11.5 Å². The summed E-state index contributed by atoms with van der Waals surface area (Å²) in [6, 6.07) is 3.52. The molecule has 0 aliphatic rings. The highest BCUT2D eigenvalue weighted by molar-refractivity contribution is 6.30. The summed E-state index contributed by atoms with van der Waals surface area (Å²) in [6.07, 6.45) is 3.84. The first-order valence-electron chi connectivity index (χ1n) is 6.53. The predicted octanol–water partition coefficient (Wildman–Crippen LogP) is 2.74. The summed E-state index contributed by atoms with van der Waals surface area (Å²) in [5, 5.41) is 9.28. The third-order valence-electron chi connectivity index (χ3n) is 2.84. The van der Waals surface area contributed by atoms with Crippen LogP contribution in [0.25, 0.3) is 0 Å². The number of aliphatic hydroxyl groups is 1. The van der Waals surface area contributed by atoms with E-state index in [0.29, 0.717) is 29.7 Å². The number of aliphatic hydroxyl groups excluding tert-OH is 1. The smallest absolute Gasteiger partial charge is 0.165 e. The molecule has 0 aromatic heterocycles. The Kier molecular flexibility index (Phi) is 7.63. The zero-order chi connectivity index (χ0) is 14.1. The van der Waals surface area contributed by atoms with Crippen LogP contribution < -0.4 is 15.2 Å². The summed E-state index contributed by atoms with van der Waals surface area (Å²) in [4.78, 5) is 0. The molecule has 3 N–H and O–H groups in total. The number of rotatable bonds is 9. The van der Waals surface area contributed by atoms with Crippen LogP contribution in [0.4, 0.5) is 0 Å². The normalized spacial score (nSPS) is 10.5. The van der Waals surface area contributed by atoms with Crippen molar-refractivity contribution < 1.29 is 14.6 Å². The van der Waals surface area contributed by atoms with Gasteiger partial charge < -0.3 is 20.3 Å². The van der Waals surface area contributed by atoms with E-state index in [0.717, 1.165) is 31.2 Å². The molecule has 108 valence electrons. The highest BCUT2D eigenvalue weighted by Gasteiger charge is 2.11. The van der Waals surface area contributed by atoms with Gasteiger partial charge in [-0.3, -0.25) is 0 Å². The third-order valence-corrected chi connectivity index (χ3v) is 3.05. The Morgan fingerprint density at radius 3 is 2.58 bits per heavy atom. The molecule has 0 bridgehead atoms. The van der Waals surface area contributed by atoms with Gasteiger partial charge in [-0.2, -0.15) is 0 Å². The van der Waals surface area contributed by atoms with Crippen molar-refractivity contribution in [2.24, 2.45) is 5.73 Å². The Bertz CT molecular complexity index is 360. The first-order valence-corrected chi connectivity index (χ1v) is 6.90. The second-order valence-electron chi connectivity index (χ2n) is 4.29.